The second-order valence-electron chi connectivity index (χ2n) is 2.65. The van der Waals surface area contributed by atoms with Gasteiger partial charge in [-0.1, -0.05) is 0 Å². The Hall–Kier alpha value is -0.280. The number of amides is 1. The molecule has 0 unspecified atom stereocenters. The first-order valence-corrected chi connectivity index (χ1v) is 4.16. The molecule has 0 saturated carbocycles. The molecular weight excluding hydrogens is 166 g/mol. The van der Waals surface area contributed by atoms with Crippen molar-refractivity contribution in [1.82, 2.24) is 5.32 Å². The molecule has 1 rings (SSSR count). The molecule has 1 saturated heterocycles. The third-order valence-electron chi connectivity index (χ3n) is 1.60. The van der Waals surface area contributed by atoms with Crippen LogP contribution in [-0.4, -0.2) is 24.1 Å². The summed E-state index contributed by atoms with van der Waals surface area (Å²) in [6.07, 6.45) is 1.60. The van der Waals surface area contributed by atoms with Gasteiger partial charge in [-0.05, 0) is 12.8 Å². The molecule has 2 atom stereocenters. The number of alkyl halides is 1. The Morgan fingerprint density at radius 1 is 1.73 bits per heavy atom. The number of hydrogen-bond acceptors (Lipinski definition) is 2. The van der Waals surface area contributed by atoms with E-state index in [1.165, 1.54) is 6.92 Å². The average Bonchev–Trinajstić information content (AvgIpc) is 1.93. The van der Waals surface area contributed by atoms with Gasteiger partial charge in [0.25, 0.3) is 0 Å². The number of nitrogens with one attached hydrogen (secondary N) is 1. The third kappa shape index (κ3) is 2.67. The topological polar surface area (TPSA) is 38.3 Å². The fourth-order valence-electron chi connectivity index (χ4n) is 1.08. The highest BCUT2D eigenvalue weighted by Gasteiger charge is 2.23. The van der Waals surface area contributed by atoms with E-state index in [2.05, 4.69) is 5.32 Å². The molecular formula is C7H12ClNO2. The van der Waals surface area contributed by atoms with Crippen LogP contribution in [0.15, 0.2) is 0 Å². The molecule has 1 fully saturated rings. The number of halogens is 1. The Morgan fingerprint density at radius 2 is 2.45 bits per heavy atom. The fourth-order valence-corrected chi connectivity index (χ4v) is 1.37. The molecule has 1 aliphatic heterocycles. The summed E-state index contributed by atoms with van der Waals surface area (Å²) in [5, 5.41) is 2.56. The van der Waals surface area contributed by atoms with Crippen molar-refractivity contribution >= 4 is 17.5 Å². The minimum atomic E-state index is -0.289. The summed E-state index contributed by atoms with van der Waals surface area (Å²) in [6.45, 7) is 2.15. The predicted molar refractivity (Wildman–Crippen MR) is 42.4 cm³/mol. The molecule has 1 N–H and O–H groups in total. The van der Waals surface area contributed by atoms with E-state index >= 15 is 0 Å². The molecule has 1 amide bonds. The molecule has 0 aliphatic carbocycles. The van der Waals surface area contributed by atoms with Crippen LogP contribution < -0.4 is 5.32 Å². The second-order valence-corrected chi connectivity index (χ2v) is 3.21. The van der Waals surface area contributed by atoms with Gasteiger partial charge in [0.1, 0.15) is 6.23 Å². The van der Waals surface area contributed by atoms with Gasteiger partial charge < -0.3 is 10.1 Å². The van der Waals surface area contributed by atoms with E-state index < -0.39 is 0 Å². The Kier molecular flexibility index (Phi) is 3.15. The van der Waals surface area contributed by atoms with Crippen molar-refractivity contribution in [3.05, 3.63) is 0 Å². The average molecular weight is 178 g/mol. The SMILES string of the molecule is CC(=O)N[C@H]1OCCC[C@H]1Cl. The largest absolute Gasteiger partial charge is 0.357 e. The van der Waals surface area contributed by atoms with Crippen LogP contribution in [0.1, 0.15) is 19.8 Å². The van der Waals surface area contributed by atoms with E-state index in [4.69, 9.17) is 16.3 Å². The minimum Gasteiger partial charge on any atom is -0.357 e. The first-order chi connectivity index (χ1) is 5.20. The maximum Gasteiger partial charge on any atom is 0.218 e. The lowest BCUT2D eigenvalue weighted by Crippen LogP contribution is -2.44. The van der Waals surface area contributed by atoms with Gasteiger partial charge in [-0.2, -0.15) is 0 Å². The van der Waals surface area contributed by atoms with Gasteiger partial charge in [-0.15, -0.1) is 11.6 Å². The van der Waals surface area contributed by atoms with Crippen LogP contribution in [0.4, 0.5) is 0 Å². The summed E-state index contributed by atoms with van der Waals surface area (Å²) in [5.41, 5.74) is 0. The van der Waals surface area contributed by atoms with E-state index in [0.29, 0.717) is 6.61 Å². The maximum atomic E-state index is 10.6. The van der Waals surface area contributed by atoms with Gasteiger partial charge in [-0.3, -0.25) is 4.79 Å². The van der Waals surface area contributed by atoms with Crippen molar-refractivity contribution in [2.24, 2.45) is 0 Å². The van der Waals surface area contributed by atoms with Crippen LogP contribution in [0.3, 0.4) is 0 Å². The molecule has 0 spiro atoms. The second kappa shape index (κ2) is 3.93. The van der Waals surface area contributed by atoms with Gasteiger partial charge in [-0.25, -0.2) is 0 Å². The molecule has 0 aromatic carbocycles. The van der Waals surface area contributed by atoms with Gasteiger partial charge in [0.2, 0.25) is 5.91 Å². The molecule has 0 bridgehead atoms. The zero-order valence-electron chi connectivity index (χ0n) is 6.47. The molecule has 1 heterocycles. The molecule has 64 valence electrons. The van der Waals surface area contributed by atoms with Crippen LogP contribution in [0, 0.1) is 0 Å². The van der Waals surface area contributed by atoms with Gasteiger partial charge in [0.05, 0.1) is 5.38 Å². The number of ether oxygens (including phenoxy) is 1. The Morgan fingerprint density at radius 3 is 3.00 bits per heavy atom. The maximum absolute atomic E-state index is 10.6. The smallest absolute Gasteiger partial charge is 0.218 e. The molecule has 1 aliphatic rings. The number of hydrogen-bond donors (Lipinski definition) is 1. The minimum absolute atomic E-state index is 0.0763. The monoisotopic (exact) mass is 177 g/mol. The quantitative estimate of drug-likeness (QED) is 0.604. The highest BCUT2D eigenvalue weighted by molar-refractivity contribution is 6.21. The van der Waals surface area contributed by atoms with E-state index in [-0.39, 0.29) is 17.5 Å². The van der Waals surface area contributed by atoms with E-state index in [1.54, 1.807) is 0 Å². The normalized spacial score (nSPS) is 31.5. The Labute approximate surface area is 71.1 Å². The van der Waals surface area contributed by atoms with Crippen molar-refractivity contribution in [1.29, 1.82) is 0 Å². The molecule has 0 aromatic heterocycles. The first kappa shape index (κ1) is 8.81. The summed E-state index contributed by atoms with van der Waals surface area (Å²) in [5.74, 6) is -0.0949. The lowest BCUT2D eigenvalue weighted by molar-refractivity contribution is -0.124. The fraction of sp³-hybridized carbons (Fsp3) is 0.857. The van der Waals surface area contributed by atoms with Gasteiger partial charge in [0.15, 0.2) is 0 Å². The standard InChI is InChI=1S/C7H12ClNO2/c1-5(10)9-7-6(8)3-2-4-11-7/h6-7H,2-4H2,1H3,(H,9,10)/t6-,7+/m1/s1. The van der Waals surface area contributed by atoms with Crippen LogP contribution in [0.2, 0.25) is 0 Å². The van der Waals surface area contributed by atoms with Crippen LogP contribution in [0.5, 0.6) is 0 Å². The van der Waals surface area contributed by atoms with Crippen molar-refractivity contribution in [2.45, 2.75) is 31.4 Å². The summed E-state index contributed by atoms with van der Waals surface area (Å²) < 4.78 is 5.24. The molecule has 0 aromatic rings. The first-order valence-electron chi connectivity index (χ1n) is 3.73. The van der Waals surface area contributed by atoms with Gasteiger partial charge in [0, 0.05) is 13.5 Å². The third-order valence-corrected chi connectivity index (χ3v) is 2.04. The summed E-state index contributed by atoms with van der Waals surface area (Å²) in [6, 6.07) is 0. The highest BCUT2D eigenvalue weighted by Crippen LogP contribution is 2.17. The van der Waals surface area contributed by atoms with Crippen LogP contribution in [0.25, 0.3) is 0 Å². The lowest BCUT2D eigenvalue weighted by atomic mass is 10.2. The summed E-state index contributed by atoms with van der Waals surface area (Å²) in [7, 11) is 0. The Balaban J connectivity index is 2.35. The van der Waals surface area contributed by atoms with Crippen LogP contribution >= 0.6 is 11.6 Å². The van der Waals surface area contributed by atoms with E-state index in [9.17, 15) is 4.79 Å². The van der Waals surface area contributed by atoms with Gasteiger partial charge >= 0.3 is 0 Å². The lowest BCUT2D eigenvalue weighted by Gasteiger charge is -2.27. The van der Waals surface area contributed by atoms with Crippen molar-refractivity contribution in [3.63, 3.8) is 0 Å². The number of carbonyl (C=O) groups excluding carboxylic acids is 1. The number of carbonyl (C=O) groups is 1. The summed E-state index contributed by atoms with van der Waals surface area (Å²) >= 11 is 5.89. The number of rotatable bonds is 1. The zero-order chi connectivity index (χ0) is 8.27. The van der Waals surface area contributed by atoms with E-state index in [0.717, 1.165) is 12.8 Å². The molecule has 0 radical (unpaired) electrons. The van der Waals surface area contributed by atoms with Crippen molar-refractivity contribution in [3.8, 4) is 0 Å². The van der Waals surface area contributed by atoms with Crippen molar-refractivity contribution < 1.29 is 9.53 Å². The summed E-state index contributed by atoms with van der Waals surface area (Å²) in [4.78, 5) is 10.6. The molecule has 3 nitrogen and oxygen atoms in total. The molecule has 4 heteroatoms. The predicted octanol–water partition coefficient (Wildman–Crippen LogP) is 0.866. The molecule has 11 heavy (non-hydrogen) atoms. The Bertz CT molecular complexity index is 151. The zero-order valence-corrected chi connectivity index (χ0v) is 7.23. The van der Waals surface area contributed by atoms with E-state index in [1.807, 2.05) is 0 Å². The van der Waals surface area contributed by atoms with Crippen LogP contribution in [-0.2, 0) is 9.53 Å². The van der Waals surface area contributed by atoms with Crippen molar-refractivity contribution in [2.75, 3.05) is 6.61 Å². The highest BCUT2D eigenvalue weighted by atomic mass is 35.5.